The van der Waals surface area contributed by atoms with E-state index in [-0.39, 0.29) is 5.91 Å². The number of likely N-dealkylation sites (N-methyl/N-ethyl adjacent to an activating group) is 1. The predicted molar refractivity (Wildman–Crippen MR) is 106 cm³/mol. The van der Waals surface area contributed by atoms with E-state index in [1.54, 1.807) is 6.92 Å². The van der Waals surface area contributed by atoms with Crippen molar-refractivity contribution in [2.75, 3.05) is 43.4 Å². The number of amides is 1. The van der Waals surface area contributed by atoms with Crippen molar-refractivity contribution in [2.45, 2.75) is 20.0 Å². The van der Waals surface area contributed by atoms with Crippen molar-refractivity contribution in [3.8, 4) is 5.75 Å². The fourth-order valence-corrected chi connectivity index (χ4v) is 3.04. The van der Waals surface area contributed by atoms with Gasteiger partial charge in [0.15, 0.2) is 6.10 Å². The number of hydrogen-bond acceptors (Lipinski definition) is 4. The third-order valence-electron chi connectivity index (χ3n) is 4.76. The van der Waals surface area contributed by atoms with E-state index in [0.717, 1.165) is 37.4 Å². The summed E-state index contributed by atoms with van der Waals surface area (Å²) < 4.78 is 5.69. The Hall–Kier alpha value is -2.53. The molecular formula is C21H27N3O2. The Labute approximate surface area is 155 Å². The SMILES string of the molecule is Cc1cc(N2CCN(C)CC2)ccc1NC(=O)C(C)Oc1ccccc1. The number of carbonyl (C=O) groups is 1. The number of aryl methyl sites for hydroxylation is 1. The van der Waals surface area contributed by atoms with E-state index in [9.17, 15) is 4.79 Å². The van der Waals surface area contributed by atoms with Crippen LogP contribution in [-0.2, 0) is 4.79 Å². The maximum Gasteiger partial charge on any atom is 0.265 e. The zero-order valence-electron chi connectivity index (χ0n) is 15.7. The molecule has 0 aromatic heterocycles. The lowest BCUT2D eigenvalue weighted by atomic mass is 10.1. The lowest BCUT2D eigenvalue weighted by Gasteiger charge is -2.34. The molecule has 0 radical (unpaired) electrons. The van der Waals surface area contributed by atoms with Gasteiger partial charge in [0.1, 0.15) is 5.75 Å². The van der Waals surface area contributed by atoms with Gasteiger partial charge in [-0.2, -0.15) is 0 Å². The lowest BCUT2D eigenvalue weighted by molar-refractivity contribution is -0.122. The van der Waals surface area contributed by atoms with Crippen molar-refractivity contribution < 1.29 is 9.53 Å². The summed E-state index contributed by atoms with van der Waals surface area (Å²) in [5.74, 6) is 0.543. The highest BCUT2D eigenvalue weighted by molar-refractivity contribution is 5.95. The molecule has 1 aliphatic heterocycles. The van der Waals surface area contributed by atoms with Gasteiger partial charge >= 0.3 is 0 Å². The molecular weight excluding hydrogens is 326 g/mol. The summed E-state index contributed by atoms with van der Waals surface area (Å²) in [6.45, 7) is 8.00. The average Bonchev–Trinajstić information content (AvgIpc) is 2.64. The predicted octanol–water partition coefficient (Wildman–Crippen LogP) is 3.15. The molecule has 3 rings (SSSR count). The van der Waals surface area contributed by atoms with Crippen LogP contribution in [0, 0.1) is 6.92 Å². The van der Waals surface area contributed by atoms with Gasteiger partial charge in [0.25, 0.3) is 5.91 Å². The van der Waals surface area contributed by atoms with Gasteiger partial charge in [-0.25, -0.2) is 0 Å². The number of carbonyl (C=O) groups excluding carboxylic acids is 1. The fourth-order valence-electron chi connectivity index (χ4n) is 3.04. The Bertz CT molecular complexity index is 740. The number of rotatable bonds is 5. The lowest BCUT2D eigenvalue weighted by Crippen LogP contribution is -2.44. The van der Waals surface area contributed by atoms with Gasteiger partial charge in [-0.15, -0.1) is 0 Å². The van der Waals surface area contributed by atoms with Crippen LogP contribution in [0.3, 0.4) is 0 Å². The maximum absolute atomic E-state index is 12.4. The van der Waals surface area contributed by atoms with Crippen LogP contribution in [0.2, 0.25) is 0 Å². The molecule has 2 aromatic carbocycles. The van der Waals surface area contributed by atoms with Crippen LogP contribution in [0.25, 0.3) is 0 Å². The summed E-state index contributed by atoms with van der Waals surface area (Å²) >= 11 is 0. The Morgan fingerprint density at radius 2 is 1.77 bits per heavy atom. The number of nitrogens with one attached hydrogen (secondary N) is 1. The Morgan fingerprint density at radius 3 is 2.42 bits per heavy atom. The third kappa shape index (κ3) is 4.55. The van der Waals surface area contributed by atoms with Crippen molar-refractivity contribution in [3.05, 3.63) is 54.1 Å². The van der Waals surface area contributed by atoms with Crippen LogP contribution in [-0.4, -0.2) is 50.1 Å². The van der Waals surface area contributed by atoms with Gasteiger partial charge in [0, 0.05) is 37.6 Å². The maximum atomic E-state index is 12.4. The van der Waals surface area contributed by atoms with E-state index in [2.05, 4.69) is 34.3 Å². The first-order valence-corrected chi connectivity index (χ1v) is 9.09. The number of piperazine rings is 1. The van der Waals surface area contributed by atoms with Crippen LogP contribution in [0.5, 0.6) is 5.75 Å². The second kappa shape index (κ2) is 8.23. The molecule has 1 aliphatic rings. The Morgan fingerprint density at radius 1 is 1.08 bits per heavy atom. The van der Waals surface area contributed by atoms with E-state index in [1.165, 1.54) is 5.69 Å². The highest BCUT2D eigenvalue weighted by Crippen LogP contribution is 2.24. The normalized spacial score (nSPS) is 16.2. The molecule has 1 amide bonds. The minimum Gasteiger partial charge on any atom is -0.481 e. The summed E-state index contributed by atoms with van der Waals surface area (Å²) in [5, 5.41) is 2.98. The Balaban J connectivity index is 1.61. The number of ether oxygens (including phenoxy) is 1. The summed E-state index contributed by atoms with van der Waals surface area (Å²) in [7, 11) is 2.15. The number of benzene rings is 2. The van der Waals surface area contributed by atoms with Gasteiger partial charge in [0.05, 0.1) is 0 Å². The molecule has 1 fully saturated rings. The quantitative estimate of drug-likeness (QED) is 0.897. The first kappa shape index (κ1) is 18.3. The van der Waals surface area contributed by atoms with Gasteiger partial charge in [0.2, 0.25) is 0 Å². The Kier molecular flexibility index (Phi) is 5.78. The molecule has 2 aromatic rings. The largest absolute Gasteiger partial charge is 0.481 e. The van der Waals surface area contributed by atoms with E-state index in [1.807, 2.05) is 43.3 Å². The van der Waals surface area contributed by atoms with E-state index >= 15 is 0 Å². The molecule has 138 valence electrons. The minimum atomic E-state index is -0.561. The molecule has 1 heterocycles. The molecule has 26 heavy (non-hydrogen) atoms. The van der Waals surface area contributed by atoms with Crippen LogP contribution < -0.4 is 15.0 Å². The van der Waals surface area contributed by atoms with Crippen molar-refractivity contribution in [2.24, 2.45) is 0 Å². The summed E-state index contributed by atoms with van der Waals surface area (Å²) in [6.07, 6.45) is -0.561. The molecule has 1 saturated heterocycles. The van der Waals surface area contributed by atoms with Gasteiger partial charge in [-0.1, -0.05) is 18.2 Å². The highest BCUT2D eigenvalue weighted by atomic mass is 16.5. The molecule has 0 bridgehead atoms. The molecule has 1 unspecified atom stereocenters. The number of para-hydroxylation sites is 1. The molecule has 0 spiro atoms. The first-order valence-electron chi connectivity index (χ1n) is 9.09. The minimum absolute atomic E-state index is 0.149. The van der Waals surface area contributed by atoms with Gasteiger partial charge in [-0.05, 0) is 56.8 Å². The van der Waals surface area contributed by atoms with Crippen molar-refractivity contribution in [1.82, 2.24) is 4.90 Å². The molecule has 0 saturated carbocycles. The van der Waals surface area contributed by atoms with E-state index < -0.39 is 6.10 Å². The van der Waals surface area contributed by atoms with Crippen molar-refractivity contribution >= 4 is 17.3 Å². The van der Waals surface area contributed by atoms with Crippen molar-refractivity contribution in [3.63, 3.8) is 0 Å². The summed E-state index contributed by atoms with van der Waals surface area (Å²) in [5.41, 5.74) is 3.10. The zero-order valence-corrected chi connectivity index (χ0v) is 15.7. The third-order valence-corrected chi connectivity index (χ3v) is 4.76. The molecule has 5 heteroatoms. The summed E-state index contributed by atoms with van der Waals surface area (Å²) in [6, 6.07) is 15.6. The van der Waals surface area contributed by atoms with Gasteiger partial charge < -0.3 is 19.9 Å². The number of nitrogens with zero attached hydrogens (tertiary/aromatic N) is 2. The number of anilines is 2. The molecule has 1 N–H and O–H groups in total. The second-order valence-electron chi connectivity index (χ2n) is 6.85. The summed E-state index contributed by atoms with van der Waals surface area (Å²) in [4.78, 5) is 17.2. The van der Waals surface area contributed by atoms with E-state index in [0.29, 0.717) is 5.75 Å². The first-order chi connectivity index (χ1) is 12.5. The van der Waals surface area contributed by atoms with Crippen molar-refractivity contribution in [1.29, 1.82) is 0 Å². The monoisotopic (exact) mass is 353 g/mol. The van der Waals surface area contributed by atoms with Crippen LogP contribution in [0.4, 0.5) is 11.4 Å². The van der Waals surface area contributed by atoms with Crippen LogP contribution in [0.1, 0.15) is 12.5 Å². The average molecular weight is 353 g/mol. The topological polar surface area (TPSA) is 44.8 Å². The zero-order chi connectivity index (χ0) is 18.5. The van der Waals surface area contributed by atoms with Gasteiger partial charge in [-0.3, -0.25) is 4.79 Å². The highest BCUT2D eigenvalue weighted by Gasteiger charge is 2.18. The standard InChI is InChI=1S/C21H27N3O2/c1-16-15-18(24-13-11-23(3)12-14-24)9-10-20(16)22-21(25)17(2)26-19-7-5-4-6-8-19/h4-10,15,17H,11-14H2,1-3H3,(H,22,25). The fraction of sp³-hybridized carbons (Fsp3) is 0.381. The second-order valence-corrected chi connectivity index (χ2v) is 6.85. The van der Waals surface area contributed by atoms with Crippen LogP contribution >= 0.6 is 0 Å². The number of hydrogen-bond donors (Lipinski definition) is 1. The molecule has 1 atom stereocenters. The van der Waals surface area contributed by atoms with Crippen LogP contribution in [0.15, 0.2) is 48.5 Å². The molecule has 5 nitrogen and oxygen atoms in total. The smallest absolute Gasteiger partial charge is 0.265 e. The van der Waals surface area contributed by atoms with E-state index in [4.69, 9.17) is 4.74 Å². The molecule has 0 aliphatic carbocycles.